The summed E-state index contributed by atoms with van der Waals surface area (Å²) in [7, 11) is 0. The lowest BCUT2D eigenvalue weighted by atomic mass is 10.1. The van der Waals surface area contributed by atoms with E-state index in [1.54, 1.807) is 35.2 Å². The van der Waals surface area contributed by atoms with Crippen LogP contribution in [0.1, 0.15) is 11.1 Å². The molecular weight excluding hydrogens is 495 g/mol. The van der Waals surface area contributed by atoms with E-state index in [0.717, 1.165) is 4.47 Å². The van der Waals surface area contributed by atoms with Crippen molar-refractivity contribution >= 4 is 74.2 Å². The van der Waals surface area contributed by atoms with Crippen molar-refractivity contribution in [2.45, 2.75) is 0 Å². The second-order valence-electron chi connectivity index (χ2n) is 6.23. The molecule has 1 heterocycles. The highest BCUT2D eigenvalue weighted by Crippen LogP contribution is 2.32. The van der Waals surface area contributed by atoms with Gasteiger partial charge in [0.05, 0.1) is 10.7 Å². The van der Waals surface area contributed by atoms with Crippen molar-refractivity contribution in [2.75, 3.05) is 4.90 Å². The molecule has 3 aromatic carbocycles. The first-order chi connectivity index (χ1) is 13.9. The summed E-state index contributed by atoms with van der Waals surface area (Å²) < 4.78 is 0.847. The molecule has 0 atom stereocenters. The molecule has 0 spiro atoms. The number of benzene rings is 3. The van der Waals surface area contributed by atoms with Crippen molar-refractivity contribution in [3.05, 3.63) is 103 Å². The SMILES string of the molecule is O=C1/C(=C\c2ccc(Cl)cc2Cl)N=C(c2ccccc2Cl)N1c1cccc(Br)c1. The predicted octanol–water partition coefficient (Wildman–Crippen LogP) is 7.24. The average molecular weight is 507 g/mol. The van der Waals surface area contributed by atoms with Gasteiger partial charge in [-0.25, -0.2) is 4.99 Å². The lowest BCUT2D eigenvalue weighted by molar-refractivity contribution is -0.113. The van der Waals surface area contributed by atoms with Crippen molar-refractivity contribution in [3.63, 3.8) is 0 Å². The highest BCUT2D eigenvalue weighted by Gasteiger charge is 2.33. The molecule has 1 aliphatic rings. The fraction of sp³-hybridized carbons (Fsp3) is 0. The molecule has 3 nitrogen and oxygen atoms in total. The number of rotatable bonds is 3. The quantitative estimate of drug-likeness (QED) is 0.345. The van der Waals surface area contributed by atoms with Gasteiger partial charge in [0, 0.05) is 20.1 Å². The van der Waals surface area contributed by atoms with Crippen LogP contribution in [0.2, 0.25) is 15.1 Å². The third-order valence-electron chi connectivity index (χ3n) is 4.30. The number of amidine groups is 1. The van der Waals surface area contributed by atoms with E-state index in [4.69, 9.17) is 34.8 Å². The Morgan fingerprint density at radius 2 is 1.69 bits per heavy atom. The Bertz CT molecular complexity index is 1190. The van der Waals surface area contributed by atoms with Crippen LogP contribution in [0.5, 0.6) is 0 Å². The summed E-state index contributed by atoms with van der Waals surface area (Å²) in [6.07, 6.45) is 1.65. The number of carbonyl (C=O) groups excluding carboxylic acids is 1. The summed E-state index contributed by atoms with van der Waals surface area (Å²) in [5.74, 6) is 0.180. The van der Waals surface area contributed by atoms with Crippen LogP contribution in [-0.2, 0) is 4.79 Å². The van der Waals surface area contributed by atoms with Crippen LogP contribution in [0.15, 0.2) is 81.9 Å². The maximum atomic E-state index is 13.3. The number of hydrogen-bond acceptors (Lipinski definition) is 2. The van der Waals surface area contributed by atoms with E-state index in [1.165, 1.54) is 0 Å². The van der Waals surface area contributed by atoms with Crippen LogP contribution in [0, 0.1) is 0 Å². The normalized spacial score (nSPS) is 15.2. The molecule has 0 bridgehead atoms. The van der Waals surface area contributed by atoms with Gasteiger partial charge in [0.15, 0.2) is 0 Å². The van der Waals surface area contributed by atoms with E-state index in [-0.39, 0.29) is 11.6 Å². The van der Waals surface area contributed by atoms with Gasteiger partial charge in [-0.3, -0.25) is 9.69 Å². The van der Waals surface area contributed by atoms with Crippen LogP contribution < -0.4 is 4.90 Å². The first-order valence-electron chi connectivity index (χ1n) is 8.54. The third kappa shape index (κ3) is 4.12. The molecular formula is C22H12BrCl3N2O. The van der Waals surface area contributed by atoms with Gasteiger partial charge in [-0.15, -0.1) is 0 Å². The van der Waals surface area contributed by atoms with Gasteiger partial charge < -0.3 is 0 Å². The Morgan fingerprint density at radius 3 is 2.41 bits per heavy atom. The molecule has 0 radical (unpaired) electrons. The Balaban J connectivity index is 1.87. The molecule has 0 saturated carbocycles. The van der Waals surface area contributed by atoms with Crippen LogP contribution in [0.3, 0.4) is 0 Å². The van der Waals surface area contributed by atoms with Gasteiger partial charge in [-0.05, 0) is 54.1 Å². The summed E-state index contributed by atoms with van der Waals surface area (Å²) in [6, 6.07) is 19.8. The molecule has 144 valence electrons. The van der Waals surface area contributed by atoms with Gasteiger partial charge in [-0.1, -0.05) is 75.0 Å². The number of nitrogens with zero attached hydrogens (tertiary/aromatic N) is 2. The Hall–Kier alpha value is -2.11. The van der Waals surface area contributed by atoms with E-state index < -0.39 is 0 Å². The van der Waals surface area contributed by atoms with Gasteiger partial charge >= 0.3 is 0 Å². The molecule has 0 aliphatic carbocycles. The fourth-order valence-electron chi connectivity index (χ4n) is 2.96. The molecule has 1 aliphatic heterocycles. The van der Waals surface area contributed by atoms with E-state index in [9.17, 15) is 4.79 Å². The van der Waals surface area contributed by atoms with Crippen molar-refractivity contribution in [2.24, 2.45) is 4.99 Å². The minimum absolute atomic E-state index is 0.254. The molecule has 29 heavy (non-hydrogen) atoms. The molecule has 0 saturated heterocycles. The second kappa shape index (κ2) is 8.33. The standard InChI is InChI=1S/C22H12BrCl3N2O/c23-14-4-3-5-16(11-14)28-21(17-6-1-2-7-18(17)25)27-20(22(28)29)10-13-8-9-15(24)12-19(13)26/h1-12H/b20-10+. The second-order valence-corrected chi connectivity index (χ2v) is 8.40. The van der Waals surface area contributed by atoms with Gasteiger partial charge in [0.2, 0.25) is 0 Å². The molecule has 0 aromatic heterocycles. The van der Waals surface area contributed by atoms with Crippen LogP contribution in [-0.4, -0.2) is 11.7 Å². The maximum absolute atomic E-state index is 13.3. The van der Waals surface area contributed by atoms with Gasteiger partial charge in [0.25, 0.3) is 5.91 Å². The summed E-state index contributed by atoms with van der Waals surface area (Å²) in [4.78, 5) is 19.5. The number of amides is 1. The van der Waals surface area contributed by atoms with E-state index in [0.29, 0.717) is 37.7 Å². The lowest BCUT2D eigenvalue weighted by Gasteiger charge is -2.19. The van der Waals surface area contributed by atoms with E-state index in [2.05, 4.69) is 20.9 Å². The van der Waals surface area contributed by atoms with Crippen LogP contribution in [0.4, 0.5) is 5.69 Å². The minimum atomic E-state index is -0.274. The van der Waals surface area contributed by atoms with E-state index >= 15 is 0 Å². The molecule has 0 unspecified atom stereocenters. The number of halogens is 4. The number of carbonyl (C=O) groups is 1. The monoisotopic (exact) mass is 504 g/mol. The molecule has 0 N–H and O–H groups in total. The first kappa shape index (κ1) is 20.2. The fourth-order valence-corrected chi connectivity index (χ4v) is 4.03. The average Bonchev–Trinajstić information content (AvgIpc) is 3.00. The molecule has 0 fully saturated rings. The van der Waals surface area contributed by atoms with Crippen molar-refractivity contribution in [1.29, 1.82) is 0 Å². The summed E-state index contributed by atoms with van der Waals surface area (Å²) in [6.45, 7) is 0. The Kier molecular flexibility index (Phi) is 5.79. The Morgan fingerprint density at radius 1 is 0.897 bits per heavy atom. The Labute approximate surface area is 191 Å². The van der Waals surface area contributed by atoms with Crippen molar-refractivity contribution < 1.29 is 4.79 Å². The molecule has 3 aromatic rings. The third-order valence-corrected chi connectivity index (χ3v) is 5.68. The van der Waals surface area contributed by atoms with Crippen LogP contribution >= 0.6 is 50.7 Å². The largest absolute Gasteiger partial charge is 0.282 e. The van der Waals surface area contributed by atoms with Crippen LogP contribution in [0.25, 0.3) is 6.08 Å². The zero-order chi connectivity index (χ0) is 20.5. The maximum Gasteiger partial charge on any atom is 0.282 e. The predicted molar refractivity (Wildman–Crippen MR) is 124 cm³/mol. The highest BCUT2D eigenvalue weighted by molar-refractivity contribution is 9.10. The highest BCUT2D eigenvalue weighted by atomic mass is 79.9. The zero-order valence-corrected chi connectivity index (χ0v) is 18.6. The van der Waals surface area contributed by atoms with Gasteiger partial charge in [0.1, 0.15) is 11.5 Å². The lowest BCUT2D eigenvalue weighted by Crippen LogP contribution is -2.32. The van der Waals surface area contributed by atoms with E-state index in [1.807, 2.05) is 42.5 Å². The number of hydrogen-bond donors (Lipinski definition) is 0. The van der Waals surface area contributed by atoms with Crippen molar-refractivity contribution in [3.8, 4) is 0 Å². The number of anilines is 1. The molecule has 7 heteroatoms. The smallest absolute Gasteiger partial charge is 0.266 e. The summed E-state index contributed by atoms with van der Waals surface area (Å²) >= 11 is 22.1. The molecule has 1 amide bonds. The van der Waals surface area contributed by atoms with Gasteiger partial charge in [-0.2, -0.15) is 0 Å². The topological polar surface area (TPSA) is 32.7 Å². The summed E-state index contributed by atoms with van der Waals surface area (Å²) in [5, 5.41) is 1.46. The molecule has 4 rings (SSSR count). The first-order valence-corrected chi connectivity index (χ1v) is 10.5. The summed E-state index contributed by atoms with van der Waals surface area (Å²) in [5.41, 5.74) is 2.24. The zero-order valence-electron chi connectivity index (χ0n) is 14.7. The minimum Gasteiger partial charge on any atom is -0.266 e. The number of aliphatic imine (C=N–C) groups is 1. The van der Waals surface area contributed by atoms with Crippen molar-refractivity contribution in [1.82, 2.24) is 0 Å².